The van der Waals surface area contributed by atoms with Gasteiger partial charge in [0.1, 0.15) is 0 Å². The summed E-state index contributed by atoms with van der Waals surface area (Å²) in [6.07, 6.45) is -9.90. The van der Waals surface area contributed by atoms with Crippen LogP contribution in [0, 0.1) is 5.92 Å². The van der Waals surface area contributed by atoms with Crippen LogP contribution in [-0.2, 0) is 4.74 Å². The summed E-state index contributed by atoms with van der Waals surface area (Å²) in [7, 11) is 0. The number of alkyl halides is 6. The molecule has 0 unspecified atom stereocenters. The highest BCUT2D eigenvalue weighted by atomic mass is 19.4. The maximum atomic E-state index is 12.2. The second-order valence-electron chi connectivity index (χ2n) is 4.68. The van der Waals surface area contributed by atoms with Gasteiger partial charge in [-0.1, -0.05) is 33.1 Å². The van der Waals surface area contributed by atoms with Crippen molar-refractivity contribution >= 4 is 6.09 Å². The Bertz CT molecular complexity index is 302. The van der Waals surface area contributed by atoms with Gasteiger partial charge < -0.3 is 10.1 Å². The molecule has 3 nitrogen and oxygen atoms in total. The van der Waals surface area contributed by atoms with Crippen LogP contribution in [0.2, 0.25) is 0 Å². The van der Waals surface area contributed by atoms with E-state index in [-0.39, 0.29) is 12.5 Å². The van der Waals surface area contributed by atoms with Gasteiger partial charge in [-0.15, -0.1) is 0 Å². The Morgan fingerprint density at radius 3 is 2.00 bits per heavy atom. The first kappa shape index (κ1) is 19.9. The number of hydrogen-bond acceptors (Lipinski definition) is 2. The van der Waals surface area contributed by atoms with Crippen LogP contribution in [0.25, 0.3) is 0 Å². The number of carbonyl (C=O) groups excluding carboxylic acids is 1. The van der Waals surface area contributed by atoms with Crippen LogP contribution in [0.3, 0.4) is 0 Å². The molecule has 126 valence electrons. The van der Waals surface area contributed by atoms with E-state index in [1.165, 1.54) is 0 Å². The first-order valence-electron chi connectivity index (χ1n) is 6.59. The van der Waals surface area contributed by atoms with Gasteiger partial charge in [-0.05, 0) is 12.3 Å². The Kier molecular flexibility index (Phi) is 7.87. The van der Waals surface area contributed by atoms with E-state index in [0.29, 0.717) is 12.8 Å². The second kappa shape index (κ2) is 8.33. The molecule has 1 N–H and O–H groups in total. The van der Waals surface area contributed by atoms with E-state index in [1.807, 2.05) is 6.92 Å². The van der Waals surface area contributed by atoms with Gasteiger partial charge >= 0.3 is 18.4 Å². The first-order valence-corrected chi connectivity index (χ1v) is 6.59. The molecule has 0 spiro atoms. The third kappa shape index (κ3) is 8.01. The molecule has 1 amide bonds. The molecule has 0 radical (unpaired) electrons. The van der Waals surface area contributed by atoms with Crippen molar-refractivity contribution in [3.05, 3.63) is 0 Å². The van der Waals surface area contributed by atoms with Crippen LogP contribution in [0.4, 0.5) is 31.1 Å². The molecule has 0 aromatic carbocycles. The fourth-order valence-electron chi connectivity index (χ4n) is 1.60. The largest absolute Gasteiger partial charge is 0.449 e. The average molecular weight is 323 g/mol. The van der Waals surface area contributed by atoms with Crippen LogP contribution >= 0.6 is 0 Å². The number of nitrogens with one attached hydrogen (secondary N) is 1. The van der Waals surface area contributed by atoms with Crippen LogP contribution < -0.4 is 5.32 Å². The Hall–Kier alpha value is -1.15. The van der Waals surface area contributed by atoms with Crippen molar-refractivity contribution in [2.24, 2.45) is 5.92 Å². The lowest BCUT2D eigenvalue weighted by Gasteiger charge is -2.24. The zero-order valence-electron chi connectivity index (χ0n) is 11.8. The molecule has 1 atom stereocenters. The SMILES string of the molecule is CCCC[C@@H](CC)COC(=O)NC(C(F)(F)F)C(F)(F)F. The lowest BCUT2D eigenvalue weighted by atomic mass is 10.0. The van der Waals surface area contributed by atoms with Crippen molar-refractivity contribution in [2.45, 2.75) is 57.9 Å². The quantitative estimate of drug-likeness (QED) is 0.704. The summed E-state index contributed by atoms with van der Waals surface area (Å²) >= 11 is 0. The highest BCUT2D eigenvalue weighted by molar-refractivity contribution is 5.67. The molecule has 0 rings (SSSR count). The van der Waals surface area contributed by atoms with Gasteiger partial charge in [0.15, 0.2) is 0 Å². The van der Waals surface area contributed by atoms with E-state index >= 15 is 0 Å². The Morgan fingerprint density at radius 1 is 1.10 bits per heavy atom. The van der Waals surface area contributed by atoms with E-state index in [4.69, 9.17) is 0 Å². The van der Waals surface area contributed by atoms with E-state index in [0.717, 1.165) is 18.2 Å². The summed E-state index contributed by atoms with van der Waals surface area (Å²) < 4.78 is 77.8. The van der Waals surface area contributed by atoms with Crippen molar-refractivity contribution in [1.82, 2.24) is 5.32 Å². The van der Waals surface area contributed by atoms with E-state index < -0.39 is 24.5 Å². The number of alkyl carbamates (subject to hydrolysis) is 1. The molecule has 9 heteroatoms. The first-order chi connectivity index (χ1) is 9.52. The minimum absolute atomic E-state index is 0.0778. The molecule has 0 aliphatic carbocycles. The molecule has 0 saturated heterocycles. The second-order valence-corrected chi connectivity index (χ2v) is 4.68. The third-order valence-electron chi connectivity index (χ3n) is 2.91. The van der Waals surface area contributed by atoms with Crippen LogP contribution in [0.1, 0.15) is 39.5 Å². The van der Waals surface area contributed by atoms with Gasteiger partial charge in [-0.3, -0.25) is 0 Å². The summed E-state index contributed by atoms with van der Waals surface area (Å²) in [4.78, 5) is 11.1. The number of unbranched alkanes of at least 4 members (excludes halogenated alkanes) is 1. The third-order valence-corrected chi connectivity index (χ3v) is 2.91. The Labute approximate surface area is 119 Å². The molecule has 0 aromatic heterocycles. The minimum Gasteiger partial charge on any atom is -0.449 e. The fourth-order valence-corrected chi connectivity index (χ4v) is 1.60. The molecule has 0 aliphatic rings. The van der Waals surface area contributed by atoms with E-state index in [1.54, 1.807) is 6.92 Å². The van der Waals surface area contributed by atoms with Crippen molar-refractivity contribution in [3.8, 4) is 0 Å². The van der Waals surface area contributed by atoms with Gasteiger partial charge in [0.05, 0.1) is 6.61 Å². The molecular formula is C12H19F6NO2. The number of hydrogen-bond donors (Lipinski definition) is 1. The minimum atomic E-state index is -5.62. The summed E-state index contributed by atoms with van der Waals surface area (Å²) in [5, 5.41) is 0.821. The summed E-state index contributed by atoms with van der Waals surface area (Å²) in [6, 6.07) is -3.92. The molecule has 0 heterocycles. The summed E-state index contributed by atoms with van der Waals surface area (Å²) in [5.41, 5.74) is 0. The highest BCUT2D eigenvalue weighted by Gasteiger charge is 2.57. The molecule has 0 bridgehead atoms. The summed E-state index contributed by atoms with van der Waals surface area (Å²) in [5.74, 6) is -0.0778. The van der Waals surface area contributed by atoms with Crippen molar-refractivity contribution in [2.75, 3.05) is 6.61 Å². The molecule has 0 fully saturated rings. The predicted molar refractivity (Wildman–Crippen MR) is 63.7 cm³/mol. The maximum absolute atomic E-state index is 12.2. The lowest BCUT2D eigenvalue weighted by Crippen LogP contribution is -2.54. The van der Waals surface area contributed by atoms with Crippen molar-refractivity contribution in [3.63, 3.8) is 0 Å². The highest BCUT2D eigenvalue weighted by Crippen LogP contribution is 2.33. The van der Waals surface area contributed by atoms with Crippen LogP contribution in [0.5, 0.6) is 0 Å². The number of carbonyl (C=O) groups is 1. The topological polar surface area (TPSA) is 38.3 Å². The number of amides is 1. The van der Waals surface area contributed by atoms with Gasteiger partial charge in [0, 0.05) is 0 Å². The van der Waals surface area contributed by atoms with Crippen LogP contribution in [0.15, 0.2) is 0 Å². The van der Waals surface area contributed by atoms with E-state index in [9.17, 15) is 31.1 Å². The predicted octanol–water partition coefficient (Wildman–Crippen LogP) is 4.42. The van der Waals surface area contributed by atoms with Gasteiger partial charge in [-0.25, -0.2) is 4.79 Å². The Balaban J connectivity index is 4.45. The fraction of sp³-hybridized carbons (Fsp3) is 0.917. The zero-order chi connectivity index (χ0) is 16.7. The monoisotopic (exact) mass is 323 g/mol. The standard InChI is InChI=1S/C12H19F6NO2/c1-3-5-6-8(4-2)7-21-10(20)19-9(11(13,14)15)12(16,17)18/h8-9H,3-7H2,1-2H3,(H,19,20)/t8-/m1/s1. The van der Waals surface area contributed by atoms with Crippen molar-refractivity contribution < 1.29 is 35.9 Å². The lowest BCUT2D eigenvalue weighted by molar-refractivity contribution is -0.256. The smallest absolute Gasteiger partial charge is 0.417 e. The summed E-state index contributed by atoms with van der Waals surface area (Å²) in [6.45, 7) is 3.54. The van der Waals surface area contributed by atoms with Gasteiger partial charge in [0.25, 0.3) is 0 Å². The molecular weight excluding hydrogens is 304 g/mol. The Morgan fingerprint density at radius 2 is 1.62 bits per heavy atom. The number of ether oxygens (including phenoxy) is 1. The van der Waals surface area contributed by atoms with Crippen molar-refractivity contribution in [1.29, 1.82) is 0 Å². The number of rotatable bonds is 7. The molecule has 21 heavy (non-hydrogen) atoms. The molecule has 0 aliphatic heterocycles. The van der Waals surface area contributed by atoms with E-state index in [2.05, 4.69) is 4.74 Å². The molecule has 0 saturated carbocycles. The normalized spacial score (nSPS) is 14.1. The maximum Gasteiger partial charge on any atom is 0.417 e. The average Bonchev–Trinajstić information content (AvgIpc) is 2.33. The van der Waals surface area contributed by atoms with Crippen LogP contribution in [-0.4, -0.2) is 31.1 Å². The van der Waals surface area contributed by atoms with Gasteiger partial charge in [0.2, 0.25) is 6.04 Å². The molecule has 0 aromatic rings. The van der Waals surface area contributed by atoms with Gasteiger partial charge in [-0.2, -0.15) is 26.3 Å². The zero-order valence-corrected chi connectivity index (χ0v) is 11.8. The number of halogens is 6.